The maximum Gasteiger partial charge on any atom is 0.416 e. The fraction of sp³-hybridized carbons (Fsp3) is 0.359. The molecule has 18 heteroatoms. The number of methoxy groups -OCH3 is 1. The molecule has 1 fully saturated rings. The van der Waals surface area contributed by atoms with E-state index in [9.17, 15) is 44.3 Å². The second-order valence-electron chi connectivity index (χ2n) is 14.3. The maximum absolute atomic E-state index is 15.1. The Morgan fingerprint density at radius 3 is 2.07 bits per heavy atom. The number of nitrogens with zero attached hydrogens (tertiary/aromatic N) is 3. The van der Waals surface area contributed by atoms with Crippen LogP contribution in [0.4, 0.5) is 40.8 Å². The number of alkyl halides is 3. The lowest BCUT2D eigenvalue weighted by atomic mass is 9.84. The number of esters is 1. The largest absolute Gasteiger partial charge is 0.495 e. The smallest absolute Gasteiger partial charge is 0.416 e. The summed E-state index contributed by atoms with van der Waals surface area (Å²) in [4.78, 5) is 29.4. The molecule has 0 bridgehead atoms. The minimum atomic E-state index is -6.04. The van der Waals surface area contributed by atoms with Crippen LogP contribution in [0.1, 0.15) is 84.6 Å². The van der Waals surface area contributed by atoms with E-state index >= 15 is 8.78 Å². The van der Waals surface area contributed by atoms with Gasteiger partial charge in [-0.05, 0) is 77.6 Å². The van der Waals surface area contributed by atoms with Crippen LogP contribution in [-0.2, 0) is 44.2 Å². The Labute approximate surface area is 323 Å². The van der Waals surface area contributed by atoms with E-state index in [1.807, 2.05) is 32.9 Å². The van der Waals surface area contributed by atoms with Crippen molar-refractivity contribution < 1.29 is 62.6 Å². The number of anilines is 1. The van der Waals surface area contributed by atoms with Gasteiger partial charge in [0, 0.05) is 18.9 Å². The molecule has 0 atom stereocenters. The highest BCUT2D eigenvalue weighted by Gasteiger charge is 2.41. The van der Waals surface area contributed by atoms with Crippen molar-refractivity contribution in [1.29, 1.82) is 0 Å². The minimum Gasteiger partial charge on any atom is -0.495 e. The molecule has 1 aromatic heterocycles. The van der Waals surface area contributed by atoms with Crippen LogP contribution in [0.25, 0.3) is 0 Å². The predicted octanol–water partition coefficient (Wildman–Crippen LogP) is 8.58. The van der Waals surface area contributed by atoms with E-state index in [-0.39, 0.29) is 40.4 Å². The maximum atomic E-state index is 15.1. The number of halogens is 8. The van der Waals surface area contributed by atoms with Gasteiger partial charge in [0.1, 0.15) is 5.75 Å². The molecule has 0 spiro atoms. The summed E-state index contributed by atoms with van der Waals surface area (Å²) in [6.07, 6.45) is -2.02. The molecule has 9 nitrogen and oxygen atoms in total. The number of amides is 1. The summed E-state index contributed by atoms with van der Waals surface area (Å²) in [6, 6.07) is 9.87. The van der Waals surface area contributed by atoms with Gasteiger partial charge in [0.2, 0.25) is 21.7 Å². The van der Waals surface area contributed by atoms with Crippen LogP contribution in [0.2, 0.25) is 0 Å². The molecule has 0 N–H and O–H groups in total. The van der Waals surface area contributed by atoms with Gasteiger partial charge in [0.25, 0.3) is 0 Å². The highest BCUT2D eigenvalue weighted by Crippen LogP contribution is 2.42. The van der Waals surface area contributed by atoms with Gasteiger partial charge in [-0.3, -0.25) is 9.78 Å². The Balaban J connectivity index is 1.70. The van der Waals surface area contributed by atoms with E-state index in [2.05, 4.69) is 4.98 Å². The quantitative estimate of drug-likeness (QED) is 0.0576. The molecule has 0 aliphatic heterocycles. The van der Waals surface area contributed by atoms with Gasteiger partial charge in [-0.2, -0.15) is 17.5 Å². The van der Waals surface area contributed by atoms with E-state index < -0.39 is 91.7 Å². The molecule has 1 saturated carbocycles. The van der Waals surface area contributed by atoms with Crippen molar-refractivity contribution in [2.75, 3.05) is 25.2 Å². The fourth-order valence-corrected chi connectivity index (χ4v) is 7.53. The molecule has 0 radical (unpaired) electrons. The molecule has 1 aliphatic carbocycles. The molecule has 1 amide bonds. The number of rotatable bonds is 13. The molecule has 1 aliphatic rings. The molecular formula is C39H37F8N3O6S. The van der Waals surface area contributed by atoms with E-state index in [0.717, 1.165) is 35.1 Å². The van der Waals surface area contributed by atoms with Crippen LogP contribution >= 0.6 is 0 Å². The number of ether oxygens (including phenoxy) is 2. The third-order valence-corrected chi connectivity index (χ3v) is 11.0. The molecule has 3 aromatic carbocycles. The van der Waals surface area contributed by atoms with E-state index in [1.54, 1.807) is 13.0 Å². The van der Waals surface area contributed by atoms with Crippen molar-refractivity contribution in [3.05, 3.63) is 117 Å². The normalized spacial score (nSPS) is 13.5. The van der Waals surface area contributed by atoms with Gasteiger partial charge in [-0.15, -0.1) is 0 Å². The number of aromatic nitrogens is 1. The zero-order valence-electron chi connectivity index (χ0n) is 31.2. The van der Waals surface area contributed by atoms with Crippen molar-refractivity contribution in [2.45, 2.75) is 76.0 Å². The summed E-state index contributed by atoms with van der Waals surface area (Å²) in [7, 11) is -4.85. The van der Waals surface area contributed by atoms with Crippen LogP contribution in [0.5, 0.6) is 5.75 Å². The van der Waals surface area contributed by atoms with Crippen molar-refractivity contribution in [3.8, 4) is 5.75 Å². The Morgan fingerprint density at radius 1 is 0.877 bits per heavy atom. The molecule has 0 saturated heterocycles. The van der Waals surface area contributed by atoms with Gasteiger partial charge < -0.3 is 14.4 Å². The van der Waals surface area contributed by atoms with E-state index in [1.165, 1.54) is 25.3 Å². The van der Waals surface area contributed by atoms with Gasteiger partial charge in [0.15, 0.2) is 28.2 Å². The fourth-order valence-electron chi connectivity index (χ4n) is 6.05. The number of benzene rings is 3. The Morgan fingerprint density at radius 2 is 1.51 bits per heavy atom. The second-order valence-corrected chi connectivity index (χ2v) is 16.2. The minimum absolute atomic E-state index is 0.0117. The van der Waals surface area contributed by atoms with E-state index in [0.29, 0.717) is 17.8 Å². The number of pyridine rings is 1. The summed E-state index contributed by atoms with van der Waals surface area (Å²) in [5.74, 6) is -15.5. The van der Waals surface area contributed by atoms with Gasteiger partial charge in [-0.1, -0.05) is 39.0 Å². The first-order valence-corrected chi connectivity index (χ1v) is 18.9. The number of carbonyl (C=O) groups excluding carboxylic acids is 2. The van der Waals surface area contributed by atoms with Crippen LogP contribution < -0.4 is 9.64 Å². The van der Waals surface area contributed by atoms with Crippen LogP contribution in [0.15, 0.2) is 59.8 Å². The lowest BCUT2D eigenvalue weighted by molar-refractivity contribution is -0.138. The predicted molar refractivity (Wildman–Crippen MR) is 190 cm³/mol. The van der Waals surface area contributed by atoms with Crippen molar-refractivity contribution in [1.82, 2.24) is 9.29 Å². The third-order valence-electron chi connectivity index (χ3n) is 9.19. The third kappa shape index (κ3) is 9.22. The topological polar surface area (TPSA) is 106 Å². The lowest BCUT2D eigenvalue weighted by Gasteiger charge is -2.30. The van der Waals surface area contributed by atoms with Crippen molar-refractivity contribution in [2.24, 2.45) is 0 Å². The number of carbonyl (C=O) groups is 2. The molecule has 4 aromatic rings. The summed E-state index contributed by atoms with van der Waals surface area (Å²) < 4.78 is 154. The van der Waals surface area contributed by atoms with Crippen LogP contribution in [-0.4, -0.2) is 49.8 Å². The molecular weight excluding hydrogens is 790 g/mol. The highest BCUT2D eigenvalue weighted by molar-refractivity contribution is 7.89. The van der Waals surface area contributed by atoms with Crippen molar-refractivity contribution in [3.63, 3.8) is 0 Å². The van der Waals surface area contributed by atoms with Gasteiger partial charge >= 0.3 is 12.1 Å². The number of hydrogen-bond donors (Lipinski definition) is 0. The lowest BCUT2D eigenvalue weighted by Crippen LogP contribution is -2.43. The molecule has 306 valence electrons. The first-order chi connectivity index (χ1) is 26.6. The summed E-state index contributed by atoms with van der Waals surface area (Å²) >= 11 is 0. The average molecular weight is 828 g/mol. The van der Waals surface area contributed by atoms with Crippen molar-refractivity contribution >= 4 is 27.6 Å². The average Bonchev–Trinajstić information content (AvgIpc) is 4.00. The zero-order chi connectivity index (χ0) is 42.2. The highest BCUT2D eigenvalue weighted by atomic mass is 32.2. The summed E-state index contributed by atoms with van der Waals surface area (Å²) in [6.45, 7) is 4.13. The van der Waals surface area contributed by atoms with Gasteiger partial charge in [-0.25, -0.2) is 35.2 Å². The van der Waals surface area contributed by atoms with Gasteiger partial charge in [0.05, 0.1) is 43.6 Å². The number of sulfonamides is 1. The molecule has 5 rings (SSSR count). The monoisotopic (exact) mass is 827 g/mol. The Bertz CT molecular complexity index is 2280. The first kappa shape index (κ1) is 43.0. The zero-order valence-corrected chi connectivity index (χ0v) is 32.1. The first-order valence-electron chi connectivity index (χ1n) is 17.4. The number of hydrogen-bond acceptors (Lipinski definition) is 7. The Kier molecular flexibility index (Phi) is 12.4. The summed E-state index contributed by atoms with van der Waals surface area (Å²) in [5, 5.41) is 0. The summed E-state index contributed by atoms with van der Waals surface area (Å²) in [5.41, 5.74) is -0.547. The van der Waals surface area contributed by atoms with Crippen LogP contribution in [0, 0.1) is 29.1 Å². The standard InChI is InChI=1S/C39H37F8N3O6S/c1-6-56-37(52)23-9-10-28(29(16-23)55-5)50(18-21-13-24(22-7-8-22)15-26(14-21)38(2,3)4)30(51)20-49(19-25-17-48-12-11-27(25)39(45,46)47)57(53,54)36-34(43)32(41)31(40)33(42)35(36)44/h9-17,22H,6-8,18-20H2,1-5H3. The van der Waals surface area contributed by atoms with E-state index in [4.69, 9.17) is 9.47 Å². The Hall–Kier alpha value is -5.10. The molecule has 57 heavy (non-hydrogen) atoms. The molecule has 0 unspecified atom stereocenters. The second kappa shape index (κ2) is 16.4. The SMILES string of the molecule is CCOC(=O)c1ccc(N(Cc2cc(C3CC3)cc(C(C)(C)C)c2)C(=O)CN(Cc2cnccc2C(F)(F)F)S(=O)(=O)c2c(F)c(F)c(F)c(F)c2F)c(OC)c1. The van der Waals surface area contributed by atoms with Crippen LogP contribution in [0.3, 0.4) is 0 Å². The molecule has 1 heterocycles.